The summed E-state index contributed by atoms with van der Waals surface area (Å²) in [5.74, 6) is -5.36. The molecule has 5 aromatic rings. The number of nitrogens with zero attached hydrogens (tertiary/aromatic N) is 3. The van der Waals surface area contributed by atoms with Crippen molar-refractivity contribution in [3.8, 4) is 11.4 Å². The van der Waals surface area contributed by atoms with Crippen LogP contribution in [-0.2, 0) is 90.6 Å². The number of aliphatic hydroxyl groups is 1. The van der Waals surface area contributed by atoms with Crippen molar-refractivity contribution in [3.05, 3.63) is 140 Å². The Morgan fingerprint density at radius 3 is 2.28 bits per heavy atom. The highest BCUT2D eigenvalue weighted by Gasteiger charge is 2.46. The number of halogens is 1. The quantitative estimate of drug-likeness (QED) is 0.0273. The molecule has 1 aliphatic carbocycles. The van der Waals surface area contributed by atoms with Crippen LogP contribution in [0, 0.1) is 12.7 Å². The summed E-state index contributed by atoms with van der Waals surface area (Å²) in [5.41, 5.74) is 3.44. The second-order valence-electron chi connectivity index (χ2n) is 18.6. The highest BCUT2D eigenvalue weighted by atomic mass is 19.1. The first-order chi connectivity index (χ1) is 36.5. The summed E-state index contributed by atoms with van der Waals surface area (Å²) in [6.07, 6.45) is 2.72. The van der Waals surface area contributed by atoms with E-state index in [9.17, 15) is 48.3 Å². The van der Waals surface area contributed by atoms with Gasteiger partial charge in [0, 0.05) is 41.2 Å². The smallest absolute Gasteiger partial charge is 0.343 e. The summed E-state index contributed by atoms with van der Waals surface area (Å²) in [5, 5.41) is 24.6. The Labute approximate surface area is 433 Å². The van der Waals surface area contributed by atoms with Crippen molar-refractivity contribution in [2.24, 2.45) is 0 Å². The minimum atomic E-state index is -2.02. The number of carbonyl (C=O) groups excluding carboxylic acids is 8. The molecule has 0 bridgehead atoms. The van der Waals surface area contributed by atoms with E-state index in [0.717, 1.165) is 33.6 Å². The lowest BCUT2D eigenvalue weighted by atomic mass is 9.82. The molecule has 7 amide bonds. The first kappa shape index (κ1) is 52.4. The van der Waals surface area contributed by atoms with E-state index in [1.54, 1.807) is 62.4 Å². The number of amides is 7. The molecule has 2 aromatic heterocycles. The predicted octanol–water partition coefficient (Wildman–Crippen LogP) is 1.37. The number of rotatable bonds is 20. The van der Waals surface area contributed by atoms with Gasteiger partial charge in [-0.1, -0.05) is 49.4 Å². The molecule has 21 nitrogen and oxygen atoms in total. The number of cyclic esters (lactones) is 1. The number of aromatic nitrogens is 2. The number of aryl methyl sites for hydroxylation is 1. The molecule has 0 radical (unpaired) electrons. The topological polar surface area (TPSA) is 283 Å². The van der Waals surface area contributed by atoms with Crippen LogP contribution in [-0.4, -0.2) is 108 Å². The lowest BCUT2D eigenvalue weighted by Gasteiger charge is -2.31. The average molecular weight is 1040 g/mol. The second kappa shape index (κ2) is 22.2. The van der Waals surface area contributed by atoms with E-state index >= 15 is 4.39 Å². The number of hydrogen-bond acceptors (Lipinski definition) is 14. The first-order valence-corrected chi connectivity index (χ1v) is 24.6. The van der Waals surface area contributed by atoms with Crippen LogP contribution in [0.4, 0.5) is 10.1 Å². The van der Waals surface area contributed by atoms with Gasteiger partial charge < -0.3 is 50.5 Å². The van der Waals surface area contributed by atoms with Crippen LogP contribution in [0.5, 0.6) is 0 Å². The number of pyridine rings is 2. The lowest BCUT2D eigenvalue weighted by molar-refractivity contribution is -0.172. The van der Waals surface area contributed by atoms with Gasteiger partial charge >= 0.3 is 5.97 Å². The molecule has 0 unspecified atom stereocenters. The number of esters is 1. The summed E-state index contributed by atoms with van der Waals surface area (Å²) in [6.45, 7) is 1.62. The Morgan fingerprint density at radius 1 is 0.842 bits per heavy atom. The summed E-state index contributed by atoms with van der Waals surface area (Å²) in [4.78, 5) is 121. The molecule has 4 aliphatic rings. The van der Waals surface area contributed by atoms with Crippen LogP contribution in [0.1, 0.15) is 70.4 Å². The Morgan fingerprint density at radius 2 is 1.54 bits per heavy atom. The zero-order valence-corrected chi connectivity index (χ0v) is 41.4. The van der Waals surface area contributed by atoms with Gasteiger partial charge in [0.2, 0.25) is 29.5 Å². The van der Waals surface area contributed by atoms with E-state index in [2.05, 4.69) is 26.6 Å². The molecule has 3 aliphatic heterocycles. The third-order valence-corrected chi connectivity index (χ3v) is 13.9. The van der Waals surface area contributed by atoms with Crippen molar-refractivity contribution in [3.63, 3.8) is 0 Å². The molecule has 394 valence electrons. The maximum atomic E-state index is 15.3. The number of fused-ring (bicyclic) bond motifs is 5. The van der Waals surface area contributed by atoms with Crippen LogP contribution in [0.2, 0.25) is 0 Å². The van der Waals surface area contributed by atoms with E-state index < -0.39 is 96.1 Å². The largest absolute Gasteiger partial charge is 0.458 e. The van der Waals surface area contributed by atoms with Gasteiger partial charge in [0.15, 0.2) is 5.60 Å². The van der Waals surface area contributed by atoms with Gasteiger partial charge in [-0.15, -0.1) is 0 Å². The first-order valence-electron chi connectivity index (χ1n) is 24.6. The van der Waals surface area contributed by atoms with Crippen LogP contribution in [0.3, 0.4) is 0 Å². The van der Waals surface area contributed by atoms with Gasteiger partial charge in [0.05, 0.1) is 80.1 Å². The second-order valence-corrected chi connectivity index (χ2v) is 18.6. The maximum absolute atomic E-state index is 15.3. The van der Waals surface area contributed by atoms with E-state index in [0.29, 0.717) is 57.7 Å². The fourth-order valence-electron chi connectivity index (χ4n) is 9.88. The fourth-order valence-corrected chi connectivity index (χ4v) is 9.88. The van der Waals surface area contributed by atoms with Crippen molar-refractivity contribution in [2.45, 2.75) is 76.9 Å². The highest BCUT2D eigenvalue weighted by Crippen LogP contribution is 2.47. The molecule has 76 heavy (non-hydrogen) atoms. The molecule has 22 heteroatoms. The van der Waals surface area contributed by atoms with E-state index in [1.807, 2.05) is 0 Å². The monoisotopic (exact) mass is 1040 g/mol. The van der Waals surface area contributed by atoms with E-state index in [1.165, 1.54) is 22.8 Å². The minimum Gasteiger partial charge on any atom is -0.458 e. The van der Waals surface area contributed by atoms with Gasteiger partial charge in [-0.05, 0) is 72.2 Å². The molecule has 0 spiro atoms. The summed E-state index contributed by atoms with van der Waals surface area (Å²) < 4.78 is 34.2. The van der Waals surface area contributed by atoms with Crippen molar-refractivity contribution in [1.29, 1.82) is 0 Å². The number of anilines is 1. The van der Waals surface area contributed by atoms with E-state index in [-0.39, 0.29) is 63.5 Å². The van der Waals surface area contributed by atoms with Crippen LogP contribution in [0.25, 0.3) is 22.3 Å². The van der Waals surface area contributed by atoms with Crippen LogP contribution >= 0.6 is 0 Å². The third-order valence-electron chi connectivity index (χ3n) is 13.9. The fraction of sp³-hybridized carbons (Fsp3) is 0.333. The summed E-state index contributed by atoms with van der Waals surface area (Å²) >= 11 is 0. The SMILES string of the molecule is CC[C@@]1(O)C(=O)OCc2c1cc1n(c2=O)Cc2c-1nc1cc(F)c(C)c3c1c2[C@@H](OCCOCNC(=O)CNC(=O)[C@H](Cc1ccccc1)NC(=O)CNC(=O)CNC(=O)Cc1ccc(N2C(=O)C=CC2=O)cc1)CC3. The number of hydrogen-bond donors (Lipinski definition) is 6. The normalized spacial score (nSPS) is 17.3. The molecule has 3 aromatic carbocycles. The minimum absolute atomic E-state index is 0.0231. The van der Waals surface area contributed by atoms with Gasteiger partial charge in [-0.2, -0.15) is 0 Å². The van der Waals surface area contributed by atoms with Crippen molar-refractivity contribution in [2.75, 3.05) is 44.5 Å². The predicted molar refractivity (Wildman–Crippen MR) is 268 cm³/mol. The maximum Gasteiger partial charge on any atom is 0.343 e. The van der Waals surface area contributed by atoms with Crippen LogP contribution < -0.4 is 37.0 Å². The molecule has 0 fully saturated rings. The Bertz CT molecular complexity index is 3290. The molecule has 5 heterocycles. The summed E-state index contributed by atoms with van der Waals surface area (Å²) in [6, 6.07) is 16.8. The average Bonchev–Trinajstić information content (AvgIpc) is 3.97. The third kappa shape index (κ3) is 10.7. The van der Waals surface area contributed by atoms with Gasteiger partial charge in [-0.3, -0.25) is 38.4 Å². The number of nitrogens with one attached hydrogen (secondary N) is 5. The van der Waals surface area contributed by atoms with Gasteiger partial charge in [-0.25, -0.2) is 19.1 Å². The van der Waals surface area contributed by atoms with Gasteiger partial charge in [0.25, 0.3) is 17.4 Å². The lowest BCUT2D eigenvalue weighted by Crippen LogP contribution is -2.52. The zero-order chi connectivity index (χ0) is 53.8. The van der Waals surface area contributed by atoms with E-state index in [4.69, 9.17) is 19.2 Å². The molecule has 3 atom stereocenters. The molecule has 9 rings (SSSR count). The Balaban J connectivity index is 0.740. The molecule has 0 saturated carbocycles. The highest BCUT2D eigenvalue weighted by molar-refractivity contribution is 6.28. The Hall–Kier alpha value is -8.47. The standard InChI is InChI=1S/C54H53FN8O13/c1-3-54(73)36-21-40-50-34(26-62(40)52(71)35(36)27-76-53(54)72)49-41(14-13-33-29(2)37(55)22-38(61-50)48(33)49)75-18-17-74-28-59-44(66)24-58-51(70)39(19-30-7-5-4-6-8-30)60-45(67)25-57-43(65)23-56-42(64)20-31-9-11-32(12-10-31)63-46(68)15-16-47(63)69/h4-12,15-16,21-22,39,41,73H,3,13-14,17-20,23-28H2,1-2H3,(H,56,64)(H,57,65)(H,58,70)(H,59,66)(H,60,67)/t39-,41-,54-/m0/s1. The van der Waals surface area contributed by atoms with Crippen molar-refractivity contribution >= 4 is 63.9 Å². The molecular weight excluding hydrogens is 988 g/mol. The zero-order valence-electron chi connectivity index (χ0n) is 41.4. The Kier molecular flexibility index (Phi) is 15.3. The summed E-state index contributed by atoms with van der Waals surface area (Å²) in [7, 11) is 0. The van der Waals surface area contributed by atoms with Crippen LogP contribution in [0.15, 0.2) is 83.7 Å². The molecule has 6 N–H and O–H groups in total. The number of carbonyl (C=O) groups is 8. The number of imide groups is 1. The molecule has 0 saturated heterocycles. The van der Waals surface area contributed by atoms with Crippen molar-refractivity contribution < 1.29 is 62.1 Å². The number of ether oxygens (including phenoxy) is 3. The molecular formula is C54H53FN8O13. The number of benzene rings is 3. The van der Waals surface area contributed by atoms with Crippen molar-refractivity contribution in [1.82, 2.24) is 36.1 Å². The van der Waals surface area contributed by atoms with Gasteiger partial charge in [0.1, 0.15) is 25.2 Å².